The van der Waals surface area contributed by atoms with Gasteiger partial charge in [-0.25, -0.2) is 9.67 Å². The van der Waals surface area contributed by atoms with Gasteiger partial charge in [-0.2, -0.15) is 15.6 Å². The van der Waals surface area contributed by atoms with Crippen LogP contribution in [0.15, 0.2) is 30.9 Å². The van der Waals surface area contributed by atoms with E-state index in [1.54, 1.807) is 11.0 Å². The van der Waals surface area contributed by atoms with E-state index in [0.29, 0.717) is 6.54 Å². The van der Waals surface area contributed by atoms with Crippen molar-refractivity contribution in [1.29, 1.82) is 10.5 Å². The summed E-state index contributed by atoms with van der Waals surface area (Å²) in [5, 5.41) is 22.9. The maximum atomic E-state index is 9.40. The molecule has 0 bridgehead atoms. The first-order chi connectivity index (χ1) is 10.3. The second kappa shape index (κ2) is 7.03. The molecule has 0 saturated carbocycles. The quantitative estimate of drug-likeness (QED) is 0.787. The zero-order valence-electron chi connectivity index (χ0n) is 14.0. The third-order valence-electron chi connectivity index (χ3n) is 3.81. The first-order valence-electron chi connectivity index (χ1n) is 7.08. The van der Waals surface area contributed by atoms with Crippen LogP contribution in [0.1, 0.15) is 44.4 Å². The molecule has 0 unspecified atom stereocenters. The van der Waals surface area contributed by atoms with Gasteiger partial charge >= 0.3 is 19.5 Å². The summed E-state index contributed by atoms with van der Waals surface area (Å²) in [5.41, 5.74) is 1.60. The Balaban J connectivity index is 0.00000264. The van der Waals surface area contributed by atoms with Crippen LogP contribution in [0, 0.1) is 22.7 Å². The Labute approximate surface area is 149 Å². The monoisotopic (exact) mass is 357 g/mol. The molecule has 6 heteroatoms. The second-order valence-electron chi connectivity index (χ2n) is 6.49. The number of benzene rings is 1. The van der Waals surface area contributed by atoms with Crippen molar-refractivity contribution >= 4 is 0 Å². The largest absolute Gasteiger partial charge is 2.00 e. The molecule has 0 fully saturated rings. The summed E-state index contributed by atoms with van der Waals surface area (Å²) in [6.45, 7) is 8.08. The van der Waals surface area contributed by atoms with E-state index in [0.717, 1.165) is 16.7 Å². The van der Waals surface area contributed by atoms with Crippen molar-refractivity contribution < 1.29 is 19.5 Å². The zero-order chi connectivity index (χ0) is 16.4. The van der Waals surface area contributed by atoms with Gasteiger partial charge in [0.1, 0.15) is 12.7 Å². The molecule has 0 spiro atoms. The topological polar surface area (TPSA) is 78.3 Å². The fourth-order valence-electron chi connectivity index (χ4n) is 2.14. The van der Waals surface area contributed by atoms with Gasteiger partial charge in [-0.05, 0) is 44.4 Å². The molecule has 0 aliphatic carbocycles. The van der Waals surface area contributed by atoms with E-state index in [9.17, 15) is 10.5 Å². The molecule has 2 rings (SSSR count). The minimum Gasteiger partial charge on any atom is -0.249 e. The Morgan fingerprint density at radius 1 is 1.00 bits per heavy atom. The van der Waals surface area contributed by atoms with Crippen LogP contribution in [0.5, 0.6) is 0 Å². The molecule has 0 saturated heterocycles. The van der Waals surface area contributed by atoms with Crippen LogP contribution in [-0.4, -0.2) is 14.8 Å². The van der Waals surface area contributed by atoms with Gasteiger partial charge in [0.15, 0.2) is 0 Å². The Morgan fingerprint density at radius 3 is 1.91 bits per heavy atom. The van der Waals surface area contributed by atoms with Crippen molar-refractivity contribution in [2.45, 2.75) is 45.1 Å². The molecule has 0 N–H and O–H groups in total. The average molecular weight is 359 g/mol. The van der Waals surface area contributed by atoms with Crippen LogP contribution >= 0.6 is 0 Å². The van der Waals surface area contributed by atoms with E-state index in [1.165, 1.54) is 6.33 Å². The molecule has 1 aromatic heterocycles. The third-order valence-corrected chi connectivity index (χ3v) is 3.81. The molecule has 0 atom stereocenters. The van der Waals surface area contributed by atoms with Crippen molar-refractivity contribution in [3.63, 3.8) is 0 Å². The molecular formula is C17H19N5Zn+2. The van der Waals surface area contributed by atoms with E-state index in [4.69, 9.17) is 0 Å². The molecule has 0 aliphatic heterocycles. The van der Waals surface area contributed by atoms with Crippen molar-refractivity contribution in [3.05, 3.63) is 47.5 Å². The molecule has 0 radical (unpaired) electrons. The molecule has 0 amide bonds. The van der Waals surface area contributed by atoms with Gasteiger partial charge in [0.25, 0.3) is 0 Å². The van der Waals surface area contributed by atoms with E-state index < -0.39 is 10.8 Å². The van der Waals surface area contributed by atoms with Crippen LogP contribution in [0.25, 0.3) is 0 Å². The number of nitrogens with zero attached hydrogens (tertiary/aromatic N) is 5. The molecule has 0 aliphatic rings. The normalized spacial score (nSPS) is 11.2. The van der Waals surface area contributed by atoms with E-state index in [-0.39, 0.29) is 19.5 Å². The van der Waals surface area contributed by atoms with Gasteiger partial charge in [-0.3, -0.25) is 0 Å². The summed E-state index contributed by atoms with van der Waals surface area (Å²) in [5.74, 6) is 0. The van der Waals surface area contributed by atoms with E-state index in [1.807, 2.05) is 45.9 Å². The maximum absolute atomic E-state index is 9.40. The second-order valence-corrected chi connectivity index (χ2v) is 6.49. The summed E-state index contributed by atoms with van der Waals surface area (Å²) >= 11 is 0. The fraction of sp³-hybridized carbons (Fsp3) is 0.412. The molecule has 112 valence electrons. The predicted molar refractivity (Wildman–Crippen MR) is 82.8 cm³/mol. The van der Waals surface area contributed by atoms with Gasteiger partial charge in [0.2, 0.25) is 0 Å². The average Bonchev–Trinajstić information content (AvgIpc) is 2.99. The number of nitriles is 2. The van der Waals surface area contributed by atoms with Gasteiger partial charge in [-0.1, -0.05) is 18.2 Å². The van der Waals surface area contributed by atoms with Gasteiger partial charge < -0.3 is 0 Å². The van der Waals surface area contributed by atoms with Crippen molar-refractivity contribution in [1.82, 2.24) is 14.8 Å². The van der Waals surface area contributed by atoms with Gasteiger partial charge in [0.05, 0.1) is 29.5 Å². The maximum Gasteiger partial charge on any atom is 2.00 e. The van der Waals surface area contributed by atoms with Gasteiger partial charge in [0, 0.05) is 0 Å². The minimum atomic E-state index is -0.612. The number of hydrogen-bond acceptors (Lipinski definition) is 4. The van der Waals surface area contributed by atoms with Crippen LogP contribution in [0.2, 0.25) is 0 Å². The summed E-state index contributed by atoms with van der Waals surface area (Å²) in [6.07, 6.45) is 3.14. The molecule has 23 heavy (non-hydrogen) atoms. The van der Waals surface area contributed by atoms with Crippen molar-refractivity contribution in [3.8, 4) is 12.1 Å². The van der Waals surface area contributed by atoms with E-state index in [2.05, 4.69) is 22.2 Å². The predicted octanol–water partition coefficient (Wildman–Crippen LogP) is 2.93. The summed E-state index contributed by atoms with van der Waals surface area (Å²) in [6, 6.07) is 10.6. The van der Waals surface area contributed by atoms with Gasteiger partial charge in [-0.15, -0.1) is 0 Å². The van der Waals surface area contributed by atoms with Crippen molar-refractivity contribution in [2.24, 2.45) is 0 Å². The summed E-state index contributed by atoms with van der Waals surface area (Å²) in [7, 11) is 0. The number of hydrogen-bond donors (Lipinski definition) is 0. The summed E-state index contributed by atoms with van der Waals surface area (Å²) < 4.78 is 1.72. The fourth-order valence-corrected chi connectivity index (χ4v) is 2.14. The Morgan fingerprint density at radius 2 is 1.52 bits per heavy atom. The van der Waals surface area contributed by atoms with Crippen LogP contribution in [0.4, 0.5) is 0 Å². The van der Waals surface area contributed by atoms with Crippen LogP contribution in [0.3, 0.4) is 0 Å². The Hall–Kier alpha value is -2.04. The molecular weight excluding hydrogens is 340 g/mol. The standard InChI is InChI=1S/C17H19N5.Zn/c1-16(2,9-18)14-5-13(8-22-12-20-11-21-22)6-15(7-14)17(3,4)10-19;/h5-7,11-12H,8H2,1-4H3;/q;+2. The van der Waals surface area contributed by atoms with Crippen LogP contribution < -0.4 is 0 Å². The summed E-state index contributed by atoms with van der Waals surface area (Å²) in [4.78, 5) is 3.94. The third kappa shape index (κ3) is 4.24. The zero-order valence-corrected chi connectivity index (χ0v) is 17.0. The molecule has 2 aromatic rings. The SMILES string of the molecule is CC(C)(C#N)c1cc(Cn2cncn2)cc(C(C)(C)C#N)c1.[Zn+2]. The van der Waals surface area contributed by atoms with Crippen LogP contribution in [-0.2, 0) is 36.9 Å². The first kappa shape index (κ1) is 19.0. The molecule has 1 heterocycles. The van der Waals surface area contributed by atoms with Crippen molar-refractivity contribution in [2.75, 3.05) is 0 Å². The number of aromatic nitrogens is 3. The smallest absolute Gasteiger partial charge is 0.249 e. The molecule has 5 nitrogen and oxygen atoms in total. The number of rotatable bonds is 4. The molecule has 1 aromatic carbocycles. The minimum absolute atomic E-state index is 0. The Kier molecular flexibility index (Phi) is 5.81. The van der Waals surface area contributed by atoms with E-state index >= 15 is 0 Å². The Bertz CT molecular complexity index is 704. The first-order valence-corrected chi connectivity index (χ1v) is 7.08.